The van der Waals surface area contributed by atoms with Gasteiger partial charge in [0, 0.05) is 5.56 Å². The monoisotopic (exact) mass is 340 g/mol. The molecule has 2 rings (SSSR count). The van der Waals surface area contributed by atoms with Crippen molar-refractivity contribution in [2.45, 2.75) is 26.7 Å². The number of hydrogen-bond donors (Lipinski definition) is 1. The van der Waals surface area contributed by atoms with E-state index in [0.29, 0.717) is 30.3 Å². The lowest BCUT2D eigenvalue weighted by molar-refractivity contribution is -0.130. The molecule has 25 heavy (non-hydrogen) atoms. The highest BCUT2D eigenvalue weighted by atomic mass is 16.5. The molecule has 0 radical (unpaired) electrons. The summed E-state index contributed by atoms with van der Waals surface area (Å²) in [5.41, 5.74) is 1.55. The van der Waals surface area contributed by atoms with E-state index in [2.05, 4.69) is 6.92 Å². The molecule has 1 N–H and O–H groups in total. The van der Waals surface area contributed by atoms with Crippen molar-refractivity contribution in [2.75, 3.05) is 13.2 Å². The SMILES string of the molecule is CCCCOc1ccccc1/C=C(\C(=O)O)c1cccc(OCC)c1. The Morgan fingerprint density at radius 3 is 2.60 bits per heavy atom. The summed E-state index contributed by atoms with van der Waals surface area (Å²) in [6.45, 7) is 5.14. The molecule has 2 aromatic rings. The number of aliphatic carboxylic acids is 1. The quantitative estimate of drug-likeness (QED) is 0.401. The van der Waals surface area contributed by atoms with Crippen molar-refractivity contribution in [3.05, 3.63) is 59.7 Å². The van der Waals surface area contributed by atoms with Crippen molar-refractivity contribution < 1.29 is 19.4 Å². The molecule has 0 aromatic heterocycles. The molecule has 0 amide bonds. The Morgan fingerprint density at radius 2 is 1.88 bits per heavy atom. The lowest BCUT2D eigenvalue weighted by atomic mass is 10.0. The summed E-state index contributed by atoms with van der Waals surface area (Å²) in [6, 6.07) is 14.6. The van der Waals surface area contributed by atoms with Crippen LogP contribution in [0.25, 0.3) is 11.6 Å². The summed E-state index contributed by atoms with van der Waals surface area (Å²) >= 11 is 0. The number of carboxylic acid groups (broad SMARTS) is 1. The topological polar surface area (TPSA) is 55.8 Å². The lowest BCUT2D eigenvalue weighted by Crippen LogP contribution is -2.02. The van der Waals surface area contributed by atoms with Gasteiger partial charge in [-0.3, -0.25) is 0 Å². The van der Waals surface area contributed by atoms with Crippen LogP contribution in [-0.4, -0.2) is 24.3 Å². The third-order valence-electron chi connectivity index (χ3n) is 3.66. The minimum atomic E-state index is -0.989. The molecule has 0 aliphatic carbocycles. The van der Waals surface area contributed by atoms with Gasteiger partial charge in [-0.15, -0.1) is 0 Å². The zero-order chi connectivity index (χ0) is 18.1. The van der Waals surface area contributed by atoms with E-state index in [0.717, 1.165) is 18.4 Å². The number of para-hydroxylation sites is 1. The van der Waals surface area contributed by atoms with Crippen LogP contribution in [0.2, 0.25) is 0 Å². The molecule has 0 bridgehead atoms. The minimum Gasteiger partial charge on any atom is -0.494 e. The first-order valence-corrected chi connectivity index (χ1v) is 8.55. The molecule has 2 aromatic carbocycles. The number of carboxylic acids is 1. The first-order chi connectivity index (χ1) is 12.2. The van der Waals surface area contributed by atoms with Crippen molar-refractivity contribution in [3.63, 3.8) is 0 Å². The average Bonchev–Trinajstić information content (AvgIpc) is 2.61. The van der Waals surface area contributed by atoms with Gasteiger partial charge in [-0.1, -0.05) is 43.7 Å². The molecular weight excluding hydrogens is 316 g/mol. The fourth-order valence-electron chi connectivity index (χ4n) is 2.40. The molecule has 0 heterocycles. The number of unbranched alkanes of at least 4 members (excludes halogenated alkanes) is 1. The first-order valence-electron chi connectivity index (χ1n) is 8.55. The first kappa shape index (κ1) is 18.6. The Hall–Kier alpha value is -2.75. The zero-order valence-electron chi connectivity index (χ0n) is 14.7. The molecule has 0 fully saturated rings. The van der Waals surface area contributed by atoms with Crippen LogP contribution in [-0.2, 0) is 4.79 Å². The van der Waals surface area contributed by atoms with E-state index in [4.69, 9.17) is 9.47 Å². The fourth-order valence-corrected chi connectivity index (χ4v) is 2.40. The Bertz CT molecular complexity index is 734. The van der Waals surface area contributed by atoms with Gasteiger partial charge in [-0.05, 0) is 43.2 Å². The van der Waals surface area contributed by atoms with Crippen LogP contribution < -0.4 is 9.47 Å². The Balaban J connectivity index is 2.37. The molecule has 132 valence electrons. The van der Waals surface area contributed by atoms with Crippen LogP contribution in [0.15, 0.2) is 48.5 Å². The normalized spacial score (nSPS) is 11.2. The van der Waals surface area contributed by atoms with E-state index in [1.807, 2.05) is 37.3 Å². The number of hydrogen-bond acceptors (Lipinski definition) is 3. The molecular formula is C21H24O4. The Morgan fingerprint density at radius 1 is 1.08 bits per heavy atom. The maximum atomic E-state index is 11.8. The summed E-state index contributed by atoms with van der Waals surface area (Å²) in [5, 5.41) is 9.66. The number of benzene rings is 2. The predicted octanol–water partition coefficient (Wildman–Crippen LogP) is 4.89. The van der Waals surface area contributed by atoms with Gasteiger partial charge in [-0.25, -0.2) is 4.79 Å². The highest BCUT2D eigenvalue weighted by Gasteiger charge is 2.13. The maximum Gasteiger partial charge on any atom is 0.336 e. The molecule has 0 saturated heterocycles. The number of ether oxygens (including phenoxy) is 2. The zero-order valence-corrected chi connectivity index (χ0v) is 14.7. The summed E-state index contributed by atoms with van der Waals surface area (Å²) in [5.74, 6) is 0.354. The summed E-state index contributed by atoms with van der Waals surface area (Å²) < 4.78 is 11.3. The largest absolute Gasteiger partial charge is 0.494 e. The fraction of sp³-hybridized carbons (Fsp3) is 0.286. The van der Waals surface area contributed by atoms with Gasteiger partial charge in [0.05, 0.1) is 18.8 Å². The summed E-state index contributed by atoms with van der Waals surface area (Å²) in [4.78, 5) is 11.8. The standard InChI is InChI=1S/C21H24O4/c1-3-5-13-25-20-12-7-6-9-17(20)15-19(21(22)23)16-10-8-11-18(14-16)24-4-2/h6-12,14-15H,3-5,13H2,1-2H3,(H,22,23)/b19-15-. The van der Waals surface area contributed by atoms with E-state index in [-0.39, 0.29) is 5.57 Å². The van der Waals surface area contributed by atoms with Crippen molar-refractivity contribution in [2.24, 2.45) is 0 Å². The van der Waals surface area contributed by atoms with Gasteiger partial charge in [0.1, 0.15) is 11.5 Å². The molecule has 4 heteroatoms. The Kier molecular flexibility index (Phi) is 7.08. The highest BCUT2D eigenvalue weighted by Crippen LogP contribution is 2.27. The van der Waals surface area contributed by atoms with Gasteiger partial charge in [0.25, 0.3) is 0 Å². The van der Waals surface area contributed by atoms with Gasteiger partial charge >= 0.3 is 5.97 Å². The molecule has 0 aliphatic heterocycles. The second kappa shape index (κ2) is 9.52. The summed E-state index contributed by atoms with van der Waals surface area (Å²) in [6.07, 6.45) is 3.65. The predicted molar refractivity (Wildman–Crippen MR) is 100.0 cm³/mol. The molecule has 0 spiro atoms. The number of carbonyl (C=O) groups is 1. The minimum absolute atomic E-state index is 0.202. The average molecular weight is 340 g/mol. The smallest absolute Gasteiger partial charge is 0.336 e. The van der Waals surface area contributed by atoms with Gasteiger partial charge in [-0.2, -0.15) is 0 Å². The van der Waals surface area contributed by atoms with Gasteiger partial charge in [0.2, 0.25) is 0 Å². The molecule has 0 atom stereocenters. The van der Waals surface area contributed by atoms with Crippen molar-refractivity contribution >= 4 is 17.6 Å². The van der Waals surface area contributed by atoms with Crippen molar-refractivity contribution in [1.29, 1.82) is 0 Å². The second-order valence-electron chi connectivity index (χ2n) is 5.56. The number of rotatable bonds is 9. The Labute approximate surface area is 148 Å². The van der Waals surface area contributed by atoms with Crippen LogP contribution in [0.1, 0.15) is 37.8 Å². The molecule has 0 saturated carbocycles. The van der Waals surface area contributed by atoms with Crippen LogP contribution in [0.3, 0.4) is 0 Å². The van der Waals surface area contributed by atoms with Crippen LogP contribution >= 0.6 is 0 Å². The summed E-state index contributed by atoms with van der Waals surface area (Å²) in [7, 11) is 0. The lowest BCUT2D eigenvalue weighted by Gasteiger charge is -2.11. The van der Waals surface area contributed by atoms with E-state index < -0.39 is 5.97 Å². The molecule has 0 unspecified atom stereocenters. The van der Waals surface area contributed by atoms with Crippen LogP contribution in [0.4, 0.5) is 0 Å². The molecule has 0 aliphatic rings. The van der Waals surface area contributed by atoms with Gasteiger partial charge in [0.15, 0.2) is 0 Å². The van der Waals surface area contributed by atoms with E-state index in [1.165, 1.54) is 0 Å². The maximum absolute atomic E-state index is 11.8. The van der Waals surface area contributed by atoms with Crippen molar-refractivity contribution in [1.82, 2.24) is 0 Å². The van der Waals surface area contributed by atoms with Gasteiger partial charge < -0.3 is 14.6 Å². The van der Waals surface area contributed by atoms with E-state index in [1.54, 1.807) is 24.3 Å². The second-order valence-corrected chi connectivity index (χ2v) is 5.56. The third kappa shape index (κ3) is 5.38. The van der Waals surface area contributed by atoms with E-state index in [9.17, 15) is 9.90 Å². The van der Waals surface area contributed by atoms with E-state index >= 15 is 0 Å². The van der Waals surface area contributed by atoms with Crippen molar-refractivity contribution in [3.8, 4) is 11.5 Å². The third-order valence-corrected chi connectivity index (χ3v) is 3.66. The van der Waals surface area contributed by atoms with Crippen LogP contribution in [0.5, 0.6) is 11.5 Å². The highest BCUT2D eigenvalue weighted by molar-refractivity contribution is 6.20. The molecule has 4 nitrogen and oxygen atoms in total. The van der Waals surface area contributed by atoms with Crippen LogP contribution in [0, 0.1) is 0 Å².